The zero-order chi connectivity index (χ0) is 48.8. The number of nitrogens with one attached hydrogen (secondary N) is 2. The Balaban J connectivity index is 0.733. The monoisotopic (exact) mass is 971 g/mol. The lowest BCUT2D eigenvalue weighted by Crippen LogP contribution is -2.50. The number of halogens is 1. The number of hydrogen-bond donors (Lipinski definition) is 2. The van der Waals surface area contributed by atoms with Crippen LogP contribution < -0.4 is 25.2 Å². The molecule has 1 unspecified atom stereocenters. The lowest BCUT2D eigenvalue weighted by atomic mass is 9.73. The number of benzene rings is 2. The summed E-state index contributed by atoms with van der Waals surface area (Å²) < 4.78 is 10.6. The highest BCUT2D eigenvalue weighted by atomic mass is 35.5. The largest absolute Gasteiger partial charge is 0.490 e. The number of ether oxygens (including phenoxy) is 1. The fourth-order valence-electron chi connectivity index (χ4n) is 12.0. The Kier molecular flexibility index (Phi) is 13.6. The van der Waals surface area contributed by atoms with E-state index >= 15 is 0 Å². The van der Waals surface area contributed by atoms with Gasteiger partial charge in [-0.15, -0.1) is 10.2 Å². The molecule has 4 aliphatic heterocycles. The van der Waals surface area contributed by atoms with Crippen molar-refractivity contribution in [1.82, 2.24) is 44.9 Å². The Labute approximate surface area is 418 Å². The molecule has 10 rings (SSSR count). The highest BCUT2D eigenvalue weighted by Gasteiger charge is 2.39. The Morgan fingerprint density at radius 1 is 0.929 bits per heavy atom. The van der Waals surface area contributed by atoms with Crippen LogP contribution in [0, 0.1) is 25.2 Å². The molecule has 5 aliphatic rings. The molecular weight excluding hydrogens is 900 g/mol. The molecule has 5 aromatic rings. The third kappa shape index (κ3) is 9.72. The lowest BCUT2D eigenvalue weighted by molar-refractivity contribution is -0.129. The van der Waals surface area contributed by atoms with Gasteiger partial charge in [-0.25, -0.2) is 0 Å². The molecule has 0 bridgehead atoms. The van der Waals surface area contributed by atoms with Crippen LogP contribution in [0.4, 0.5) is 23.0 Å². The van der Waals surface area contributed by atoms with Crippen molar-refractivity contribution in [3.8, 4) is 16.9 Å². The van der Waals surface area contributed by atoms with E-state index in [0.29, 0.717) is 29.2 Å². The number of rotatable bonds is 11. The second-order valence-corrected chi connectivity index (χ2v) is 21.8. The fourth-order valence-corrected chi connectivity index (χ4v) is 12.3. The standard InChI is InChI=1S/C54H71ClN12O3/c1-34-27-48-37(28-43(34)38-29-57-62(7)30-38)9-8-22-66(48)52-44-32-64(36(3)68)26-21-47(44)67(61-52)41-19-23-63(24-20-41)31-39-18-25-65(33-54(39,4)5)50-17-15-46(59-60-50)53(69)58-40-10-12-42(13-11-40)70-49-16-14-45(56-6)51(55)35(49)2/h14-17,27-30,39-42,56H,8-13,18-26,31-33H2,1-7H3,(H,58,69). The minimum Gasteiger partial charge on any atom is -0.490 e. The molecule has 3 aromatic heterocycles. The zero-order valence-electron chi connectivity index (χ0n) is 42.2. The Morgan fingerprint density at radius 2 is 1.73 bits per heavy atom. The molecule has 1 aliphatic carbocycles. The minimum atomic E-state index is -0.178. The van der Waals surface area contributed by atoms with Crippen LogP contribution in [0.2, 0.25) is 5.02 Å². The molecule has 2 aromatic carbocycles. The molecule has 2 amide bonds. The molecule has 3 fully saturated rings. The average Bonchev–Trinajstić information content (AvgIpc) is 3.97. The van der Waals surface area contributed by atoms with Gasteiger partial charge < -0.3 is 35.0 Å². The number of likely N-dealkylation sites (tertiary alicyclic amines) is 1. The number of aromatic nitrogens is 6. The first-order valence-electron chi connectivity index (χ1n) is 25.7. The van der Waals surface area contributed by atoms with Crippen molar-refractivity contribution in [3.05, 3.63) is 87.5 Å². The summed E-state index contributed by atoms with van der Waals surface area (Å²) in [7, 11) is 3.83. The molecule has 16 heteroatoms. The second-order valence-electron chi connectivity index (χ2n) is 21.4. The molecule has 15 nitrogen and oxygen atoms in total. The summed E-state index contributed by atoms with van der Waals surface area (Å²) in [6.07, 6.45) is 13.6. The third-order valence-corrected chi connectivity index (χ3v) is 16.8. The molecule has 0 radical (unpaired) electrons. The molecule has 1 saturated carbocycles. The smallest absolute Gasteiger partial charge is 0.272 e. The molecule has 70 heavy (non-hydrogen) atoms. The van der Waals surface area contributed by atoms with E-state index < -0.39 is 0 Å². The van der Waals surface area contributed by atoms with E-state index in [1.165, 1.54) is 33.6 Å². The van der Waals surface area contributed by atoms with Gasteiger partial charge in [0, 0.05) is 114 Å². The number of aryl methyl sites for hydroxylation is 3. The predicted octanol–water partition coefficient (Wildman–Crippen LogP) is 8.68. The van der Waals surface area contributed by atoms with E-state index in [2.05, 4.69) is 84.4 Å². The summed E-state index contributed by atoms with van der Waals surface area (Å²) in [6, 6.07) is 12.8. The minimum absolute atomic E-state index is 0.0664. The average molecular weight is 972 g/mol. The van der Waals surface area contributed by atoms with Gasteiger partial charge >= 0.3 is 0 Å². The number of carbonyl (C=O) groups is 2. The van der Waals surface area contributed by atoms with Crippen molar-refractivity contribution in [2.75, 3.05) is 68.0 Å². The van der Waals surface area contributed by atoms with E-state index in [0.717, 1.165) is 144 Å². The van der Waals surface area contributed by atoms with Crippen molar-refractivity contribution in [1.29, 1.82) is 0 Å². The molecule has 372 valence electrons. The molecular formula is C54H71ClN12O3. The van der Waals surface area contributed by atoms with E-state index in [9.17, 15) is 9.59 Å². The normalized spacial score (nSPS) is 21.8. The van der Waals surface area contributed by atoms with Gasteiger partial charge in [0.25, 0.3) is 5.91 Å². The highest BCUT2D eigenvalue weighted by Crippen LogP contribution is 2.43. The topological polar surface area (TPSA) is 142 Å². The van der Waals surface area contributed by atoms with E-state index in [4.69, 9.17) is 21.4 Å². The summed E-state index contributed by atoms with van der Waals surface area (Å²) >= 11 is 6.52. The van der Waals surface area contributed by atoms with Gasteiger partial charge in [0.1, 0.15) is 5.75 Å². The van der Waals surface area contributed by atoms with Crippen molar-refractivity contribution >= 4 is 46.4 Å². The van der Waals surface area contributed by atoms with Gasteiger partial charge in [-0.3, -0.25) is 19.0 Å². The fraction of sp³-hybridized carbons (Fsp3) is 0.556. The van der Waals surface area contributed by atoms with Crippen LogP contribution in [0.1, 0.15) is 117 Å². The van der Waals surface area contributed by atoms with Crippen molar-refractivity contribution in [3.63, 3.8) is 0 Å². The van der Waals surface area contributed by atoms with Gasteiger partial charge in [-0.1, -0.05) is 25.4 Å². The number of carbonyl (C=O) groups excluding carboxylic acids is 2. The summed E-state index contributed by atoms with van der Waals surface area (Å²) in [6.45, 7) is 17.9. The summed E-state index contributed by atoms with van der Waals surface area (Å²) in [5.74, 6) is 3.16. The van der Waals surface area contributed by atoms with Crippen molar-refractivity contribution in [2.45, 2.75) is 124 Å². The quantitative estimate of drug-likeness (QED) is 0.131. The summed E-state index contributed by atoms with van der Waals surface area (Å²) in [5.41, 5.74) is 11.0. The number of anilines is 4. The molecule has 7 heterocycles. The number of hydrogen-bond acceptors (Lipinski definition) is 11. The molecule has 2 saturated heterocycles. The van der Waals surface area contributed by atoms with Crippen molar-refractivity contribution < 1.29 is 14.3 Å². The number of nitrogens with zero attached hydrogens (tertiary/aromatic N) is 10. The predicted molar refractivity (Wildman–Crippen MR) is 276 cm³/mol. The van der Waals surface area contributed by atoms with Crippen LogP contribution in [0.5, 0.6) is 5.75 Å². The maximum absolute atomic E-state index is 13.3. The SMILES string of the molecule is CNc1ccc(OC2CCC(NC(=O)c3ccc(N4CCC(CN5CCC(n6nc(N7CCCc8cc(-c9cnn(C)c9)c(C)cc87)c7c6CCN(C(C)=O)C7)CC5)C(C)(C)C4)nn3)CC2)c(C)c1Cl. The van der Waals surface area contributed by atoms with Gasteiger partial charge in [0.15, 0.2) is 17.3 Å². The maximum atomic E-state index is 13.3. The first kappa shape index (κ1) is 48.0. The van der Waals surface area contributed by atoms with Crippen LogP contribution in [-0.4, -0.2) is 116 Å². The van der Waals surface area contributed by atoms with Gasteiger partial charge in [-0.05, 0) is 136 Å². The summed E-state index contributed by atoms with van der Waals surface area (Å²) in [5, 5.41) is 26.0. The van der Waals surface area contributed by atoms with Gasteiger partial charge in [0.05, 0.1) is 35.6 Å². The van der Waals surface area contributed by atoms with Crippen molar-refractivity contribution in [2.24, 2.45) is 18.4 Å². The molecule has 2 N–H and O–H groups in total. The zero-order valence-corrected chi connectivity index (χ0v) is 43.0. The van der Waals surface area contributed by atoms with Crippen LogP contribution >= 0.6 is 11.6 Å². The molecule has 1 atom stereocenters. The second kappa shape index (κ2) is 19.9. The lowest BCUT2D eigenvalue weighted by Gasteiger charge is -2.47. The van der Waals surface area contributed by atoms with Crippen LogP contribution in [0.25, 0.3) is 11.1 Å². The van der Waals surface area contributed by atoms with Crippen LogP contribution in [0.15, 0.2) is 48.8 Å². The Bertz CT molecular complexity index is 2720. The third-order valence-electron chi connectivity index (χ3n) is 16.3. The van der Waals surface area contributed by atoms with E-state index in [1.807, 2.05) is 61.1 Å². The number of fused-ring (bicyclic) bond motifs is 2. The van der Waals surface area contributed by atoms with Gasteiger partial charge in [0.2, 0.25) is 5.91 Å². The van der Waals surface area contributed by atoms with E-state index in [-0.39, 0.29) is 29.4 Å². The first-order chi connectivity index (χ1) is 33.7. The van der Waals surface area contributed by atoms with Gasteiger partial charge in [-0.2, -0.15) is 10.2 Å². The summed E-state index contributed by atoms with van der Waals surface area (Å²) in [4.78, 5) is 35.5. The van der Waals surface area contributed by atoms with Crippen LogP contribution in [-0.2, 0) is 31.2 Å². The highest BCUT2D eigenvalue weighted by molar-refractivity contribution is 6.34. The number of amides is 2. The maximum Gasteiger partial charge on any atom is 0.272 e. The first-order valence-corrected chi connectivity index (χ1v) is 26.1. The Hall–Kier alpha value is -5.67. The van der Waals surface area contributed by atoms with E-state index in [1.54, 1.807) is 6.92 Å². The number of piperidine rings is 2. The van der Waals surface area contributed by atoms with Crippen LogP contribution in [0.3, 0.4) is 0 Å². The Morgan fingerprint density at radius 3 is 2.43 bits per heavy atom. The molecule has 0 spiro atoms.